The Morgan fingerprint density at radius 2 is 1.87 bits per heavy atom. The molecule has 128 valence electrons. The number of carbonyl (C=O) groups is 1. The van der Waals surface area contributed by atoms with Gasteiger partial charge in [-0.25, -0.2) is 0 Å². The molecule has 1 fully saturated rings. The molecule has 2 rings (SSSR count). The van der Waals surface area contributed by atoms with Crippen LogP contribution >= 0.6 is 11.8 Å². The van der Waals surface area contributed by atoms with Crippen LogP contribution in [0.5, 0.6) is 0 Å². The van der Waals surface area contributed by atoms with Crippen LogP contribution in [0.25, 0.3) is 0 Å². The van der Waals surface area contributed by atoms with Gasteiger partial charge in [0.05, 0.1) is 10.8 Å². The van der Waals surface area contributed by atoms with Crippen LogP contribution in [0.15, 0.2) is 24.3 Å². The van der Waals surface area contributed by atoms with E-state index in [0.717, 1.165) is 17.7 Å². The summed E-state index contributed by atoms with van der Waals surface area (Å²) in [7, 11) is 0. The number of nitrogens with zero attached hydrogens (tertiary/aromatic N) is 1. The van der Waals surface area contributed by atoms with Gasteiger partial charge in [-0.15, -0.1) is 11.8 Å². The molecule has 0 bridgehead atoms. The number of thioether (sulfide) groups is 1. The second-order valence-electron chi connectivity index (χ2n) is 5.89. The average molecular weight is 346 g/mol. The summed E-state index contributed by atoms with van der Waals surface area (Å²) in [5.74, 6) is 0.0328. The molecule has 1 aromatic rings. The first-order valence-electron chi connectivity index (χ1n) is 7.56. The molecule has 0 aliphatic carbocycles. The van der Waals surface area contributed by atoms with Gasteiger partial charge in [-0.2, -0.15) is 13.2 Å². The third kappa shape index (κ3) is 4.41. The molecule has 3 nitrogen and oxygen atoms in total. The number of carbonyl (C=O) groups excluding carboxylic acids is 1. The van der Waals surface area contributed by atoms with Crippen LogP contribution in [0.2, 0.25) is 0 Å². The third-order valence-electron chi connectivity index (χ3n) is 3.68. The van der Waals surface area contributed by atoms with Crippen LogP contribution in [-0.2, 0) is 11.0 Å². The molecule has 1 aliphatic heterocycles. The van der Waals surface area contributed by atoms with Gasteiger partial charge in [0.2, 0.25) is 5.91 Å². The van der Waals surface area contributed by atoms with Crippen LogP contribution in [0.1, 0.15) is 37.3 Å². The van der Waals surface area contributed by atoms with E-state index < -0.39 is 11.7 Å². The molecule has 0 spiro atoms. The maximum absolute atomic E-state index is 12.7. The van der Waals surface area contributed by atoms with Crippen LogP contribution < -0.4 is 5.32 Å². The summed E-state index contributed by atoms with van der Waals surface area (Å²) in [6.07, 6.45) is -4.34. The predicted molar refractivity (Wildman–Crippen MR) is 86.1 cm³/mol. The maximum Gasteiger partial charge on any atom is 0.416 e. The molecule has 0 unspecified atom stereocenters. The largest absolute Gasteiger partial charge is 0.416 e. The molecule has 1 aliphatic rings. The van der Waals surface area contributed by atoms with Crippen molar-refractivity contribution >= 4 is 17.7 Å². The zero-order valence-corrected chi connectivity index (χ0v) is 14.2. The molecule has 1 saturated heterocycles. The van der Waals surface area contributed by atoms with Crippen LogP contribution in [0, 0.1) is 0 Å². The normalized spacial score (nSPS) is 22.2. The van der Waals surface area contributed by atoms with Crippen LogP contribution in [0.4, 0.5) is 13.2 Å². The van der Waals surface area contributed by atoms with Crippen molar-refractivity contribution in [3.63, 3.8) is 0 Å². The van der Waals surface area contributed by atoms with Crippen molar-refractivity contribution in [3.8, 4) is 0 Å². The molecule has 1 N–H and O–H groups in total. The Labute approximate surface area is 138 Å². The molecular weight excluding hydrogens is 325 g/mol. The molecule has 7 heteroatoms. The van der Waals surface area contributed by atoms with E-state index in [4.69, 9.17) is 0 Å². The Morgan fingerprint density at radius 1 is 1.26 bits per heavy atom. The van der Waals surface area contributed by atoms with Crippen LogP contribution in [0.3, 0.4) is 0 Å². The molecular formula is C16H21F3N2OS. The smallest absolute Gasteiger partial charge is 0.324 e. The van der Waals surface area contributed by atoms with E-state index in [9.17, 15) is 18.0 Å². The molecule has 1 heterocycles. The quantitative estimate of drug-likeness (QED) is 0.883. The van der Waals surface area contributed by atoms with E-state index >= 15 is 0 Å². The number of rotatable bonds is 5. The standard InChI is InChI=1S/C16H21F3N2OS/c1-10(2)20-8-9-21-14(22)11(3)23-15(21)12-4-6-13(7-5-12)16(17,18)19/h4-7,10-11,15,20H,8-9H2,1-3H3/t11-,15-/m0/s1. The Balaban J connectivity index is 2.13. The maximum atomic E-state index is 12.7. The summed E-state index contributed by atoms with van der Waals surface area (Å²) in [5, 5.41) is 2.85. The number of alkyl halides is 3. The minimum Gasteiger partial charge on any atom is -0.324 e. The molecule has 23 heavy (non-hydrogen) atoms. The first-order valence-corrected chi connectivity index (χ1v) is 8.51. The highest BCUT2D eigenvalue weighted by atomic mass is 32.2. The third-order valence-corrected chi connectivity index (χ3v) is 5.07. The fraction of sp³-hybridized carbons (Fsp3) is 0.562. The van der Waals surface area contributed by atoms with E-state index in [2.05, 4.69) is 5.32 Å². The van der Waals surface area contributed by atoms with Gasteiger partial charge in [0.1, 0.15) is 5.37 Å². The van der Waals surface area contributed by atoms with Crippen molar-refractivity contribution < 1.29 is 18.0 Å². The van der Waals surface area contributed by atoms with Crippen molar-refractivity contribution in [3.05, 3.63) is 35.4 Å². The number of nitrogens with one attached hydrogen (secondary N) is 1. The summed E-state index contributed by atoms with van der Waals surface area (Å²) >= 11 is 1.47. The molecule has 0 radical (unpaired) electrons. The summed E-state index contributed by atoms with van der Waals surface area (Å²) < 4.78 is 38.0. The Kier molecular flexibility index (Phi) is 5.62. The monoisotopic (exact) mass is 346 g/mol. The highest BCUT2D eigenvalue weighted by molar-refractivity contribution is 8.01. The SMILES string of the molecule is CC(C)NCCN1C(=O)[C@H](C)S[C@H]1c1ccc(C(F)(F)F)cc1. The lowest BCUT2D eigenvalue weighted by Crippen LogP contribution is -2.38. The Bertz CT molecular complexity index is 545. The summed E-state index contributed by atoms with van der Waals surface area (Å²) in [6, 6.07) is 5.41. The van der Waals surface area contributed by atoms with Gasteiger partial charge < -0.3 is 10.2 Å². The fourth-order valence-electron chi connectivity index (χ4n) is 2.47. The first kappa shape index (κ1) is 18.1. The Hall–Kier alpha value is -1.21. The molecule has 0 aromatic heterocycles. The van der Waals surface area contributed by atoms with Gasteiger partial charge in [-0.05, 0) is 24.6 Å². The van der Waals surface area contributed by atoms with E-state index in [1.165, 1.54) is 23.9 Å². The number of amides is 1. The van der Waals surface area contributed by atoms with Gasteiger partial charge in [-0.3, -0.25) is 4.79 Å². The van der Waals surface area contributed by atoms with Gasteiger partial charge >= 0.3 is 6.18 Å². The molecule has 1 amide bonds. The fourth-order valence-corrected chi connectivity index (χ4v) is 3.78. The van der Waals surface area contributed by atoms with Crippen molar-refractivity contribution in [2.75, 3.05) is 13.1 Å². The Morgan fingerprint density at radius 3 is 2.39 bits per heavy atom. The summed E-state index contributed by atoms with van der Waals surface area (Å²) in [5.41, 5.74) is 0.0573. The number of halogens is 3. The lowest BCUT2D eigenvalue weighted by molar-refractivity contribution is -0.137. The summed E-state index contributed by atoms with van der Waals surface area (Å²) in [6.45, 7) is 7.08. The van der Waals surface area contributed by atoms with E-state index in [-0.39, 0.29) is 16.5 Å². The van der Waals surface area contributed by atoms with Crippen molar-refractivity contribution in [2.45, 2.75) is 43.6 Å². The first-order chi connectivity index (χ1) is 10.7. The highest BCUT2D eigenvalue weighted by Crippen LogP contribution is 2.43. The van der Waals surface area contributed by atoms with E-state index in [1.807, 2.05) is 20.8 Å². The predicted octanol–water partition coefficient (Wildman–Crippen LogP) is 3.67. The summed E-state index contributed by atoms with van der Waals surface area (Å²) in [4.78, 5) is 14.0. The highest BCUT2D eigenvalue weighted by Gasteiger charge is 2.38. The number of benzene rings is 1. The second kappa shape index (κ2) is 7.13. The molecule has 0 saturated carbocycles. The zero-order chi connectivity index (χ0) is 17.2. The van der Waals surface area contributed by atoms with Gasteiger partial charge in [0.15, 0.2) is 0 Å². The van der Waals surface area contributed by atoms with Gasteiger partial charge in [-0.1, -0.05) is 26.0 Å². The van der Waals surface area contributed by atoms with Crippen molar-refractivity contribution in [2.24, 2.45) is 0 Å². The molecule has 2 atom stereocenters. The van der Waals surface area contributed by atoms with Gasteiger partial charge in [0, 0.05) is 19.1 Å². The lowest BCUT2D eigenvalue weighted by Gasteiger charge is -2.25. The minimum absolute atomic E-state index is 0.0328. The molecule has 1 aromatic carbocycles. The average Bonchev–Trinajstić information content (AvgIpc) is 2.74. The topological polar surface area (TPSA) is 32.3 Å². The van der Waals surface area contributed by atoms with Crippen molar-refractivity contribution in [1.29, 1.82) is 0 Å². The second-order valence-corrected chi connectivity index (χ2v) is 7.32. The van der Waals surface area contributed by atoms with Gasteiger partial charge in [0.25, 0.3) is 0 Å². The van der Waals surface area contributed by atoms with E-state index in [1.54, 1.807) is 4.90 Å². The minimum atomic E-state index is -4.34. The van der Waals surface area contributed by atoms with Crippen molar-refractivity contribution in [1.82, 2.24) is 10.2 Å². The number of hydrogen-bond donors (Lipinski definition) is 1. The van der Waals surface area contributed by atoms with E-state index in [0.29, 0.717) is 19.1 Å². The lowest BCUT2D eigenvalue weighted by atomic mass is 10.1. The number of hydrogen-bond acceptors (Lipinski definition) is 3. The van der Waals surface area contributed by atoms with Crippen LogP contribution in [-0.4, -0.2) is 35.2 Å². The zero-order valence-electron chi connectivity index (χ0n) is 13.4.